The second-order valence-corrected chi connectivity index (χ2v) is 9.53. The van der Waals surface area contributed by atoms with Gasteiger partial charge in [-0.15, -0.1) is 0 Å². The maximum atomic E-state index is 13.0. The lowest BCUT2D eigenvalue weighted by Crippen LogP contribution is -2.09. The summed E-state index contributed by atoms with van der Waals surface area (Å²) in [6.45, 7) is 6.51. The van der Waals surface area contributed by atoms with E-state index in [-0.39, 0.29) is 0 Å². The van der Waals surface area contributed by atoms with Crippen LogP contribution in [-0.4, -0.2) is 19.7 Å². The number of nitrogens with zero attached hydrogens (tertiary/aromatic N) is 4. The van der Waals surface area contributed by atoms with Crippen LogP contribution in [0.15, 0.2) is 54.7 Å². The van der Waals surface area contributed by atoms with Crippen LogP contribution in [0.2, 0.25) is 0 Å². The van der Waals surface area contributed by atoms with E-state index >= 15 is 0 Å². The molecule has 0 saturated heterocycles. The van der Waals surface area contributed by atoms with E-state index in [1.165, 1.54) is 15.8 Å². The van der Waals surface area contributed by atoms with Crippen LogP contribution < -0.4 is 5.32 Å². The van der Waals surface area contributed by atoms with Crippen molar-refractivity contribution >= 4 is 5.69 Å². The van der Waals surface area contributed by atoms with Crippen LogP contribution in [0.3, 0.4) is 0 Å². The van der Waals surface area contributed by atoms with Crippen molar-refractivity contribution in [3.63, 3.8) is 0 Å². The van der Waals surface area contributed by atoms with E-state index in [1.807, 2.05) is 6.07 Å². The van der Waals surface area contributed by atoms with Crippen LogP contribution in [0.5, 0.6) is 0 Å². The molecule has 3 aromatic heterocycles. The number of pyridine rings is 2. The van der Waals surface area contributed by atoms with E-state index in [2.05, 4.69) is 59.6 Å². The fraction of sp³-hybridized carbons (Fsp3) is 0.321. The molecule has 1 aromatic carbocycles. The summed E-state index contributed by atoms with van der Waals surface area (Å²) >= 11 is 0. The monoisotopic (exact) mass is 491 g/mol. The van der Waals surface area contributed by atoms with Crippen LogP contribution >= 0.6 is 0 Å². The number of rotatable bonds is 6. The van der Waals surface area contributed by atoms with Gasteiger partial charge in [0.2, 0.25) is 0 Å². The number of aryl methyl sites for hydroxylation is 2. The van der Waals surface area contributed by atoms with Gasteiger partial charge in [-0.1, -0.05) is 44.2 Å². The SMILES string of the molecule is Cc1cc(C(F)(F)F)nn1-c1ccc(CNc2cc(-c3ccccc3C(C)C)nc3c2CCC3)cn1. The molecule has 1 N–H and O–H groups in total. The molecule has 1 aliphatic rings. The Labute approximate surface area is 208 Å². The van der Waals surface area contributed by atoms with Gasteiger partial charge in [0.05, 0.1) is 5.69 Å². The first-order chi connectivity index (χ1) is 17.2. The Morgan fingerprint density at radius 1 is 1.06 bits per heavy atom. The zero-order valence-corrected chi connectivity index (χ0v) is 20.5. The molecule has 5 nitrogen and oxygen atoms in total. The highest BCUT2D eigenvalue weighted by Crippen LogP contribution is 2.35. The van der Waals surface area contributed by atoms with Crippen LogP contribution in [0.25, 0.3) is 17.1 Å². The maximum absolute atomic E-state index is 13.0. The predicted octanol–water partition coefficient (Wildman–Crippen LogP) is 6.88. The standard InChI is InChI=1S/C28H28F3N5/c1-17(2)20-7-4-5-8-21(20)25-14-24(22-9-6-10-23(22)34-25)32-15-19-11-12-27(33-16-19)36-18(3)13-26(35-36)28(29,30)31/h4-5,7-8,11-14,16-17H,6,9-10,15H2,1-3H3,(H,32,34). The van der Waals surface area contributed by atoms with Gasteiger partial charge in [0.1, 0.15) is 0 Å². The molecule has 0 radical (unpaired) electrons. The number of nitrogens with one attached hydrogen (secondary N) is 1. The Morgan fingerprint density at radius 2 is 1.86 bits per heavy atom. The number of fused-ring (bicyclic) bond motifs is 1. The number of hydrogen-bond acceptors (Lipinski definition) is 4. The highest BCUT2D eigenvalue weighted by atomic mass is 19.4. The molecule has 0 spiro atoms. The largest absolute Gasteiger partial charge is 0.435 e. The smallest absolute Gasteiger partial charge is 0.381 e. The molecule has 0 amide bonds. The van der Waals surface area contributed by atoms with Crippen molar-refractivity contribution in [3.05, 3.63) is 88.5 Å². The molecule has 0 saturated carbocycles. The molecule has 8 heteroatoms. The van der Waals surface area contributed by atoms with E-state index in [1.54, 1.807) is 19.2 Å². The minimum atomic E-state index is -4.49. The topological polar surface area (TPSA) is 55.6 Å². The highest BCUT2D eigenvalue weighted by molar-refractivity contribution is 5.71. The lowest BCUT2D eigenvalue weighted by atomic mass is 9.94. The molecular formula is C28H28F3N5. The zero-order chi connectivity index (χ0) is 25.4. The Morgan fingerprint density at radius 3 is 2.56 bits per heavy atom. The molecule has 0 bridgehead atoms. The summed E-state index contributed by atoms with van der Waals surface area (Å²) in [6, 6.07) is 15.1. The molecular weight excluding hydrogens is 463 g/mol. The Bertz CT molecular complexity index is 1390. The molecule has 0 aliphatic heterocycles. The zero-order valence-electron chi connectivity index (χ0n) is 20.5. The molecule has 0 atom stereocenters. The number of halogens is 3. The number of benzene rings is 1. The second kappa shape index (κ2) is 9.41. The summed E-state index contributed by atoms with van der Waals surface area (Å²) < 4.78 is 40.2. The van der Waals surface area contributed by atoms with Gasteiger partial charge in [-0.25, -0.2) is 9.67 Å². The molecule has 1 aliphatic carbocycles. The minimum absolute atomic E-state index is 0.351. The van der Waals surface area contributed by atoms with E-state index in [4.69, 9.17) is 4.98 Å². The van der Waals surface area contributed by atoms with Gasteiger partial charge < -0.3 is 5.32 Å². The lowest BCUT2D eigenvalue weighted by Gasteiger charge is -2.17. The summed E-state index contributed by atoms with van der Waals surface area (Å²) in [4.78, 5) is 9.38. The van der Waals surface area contributed by atoms with Gasteiger partial charge >= 0.3 is 6.18 Å². The van der Waals surface area contributed by atoms with E-state index in [0.717, 1.165) is 53.5 Å². The number of anilines is 1. The number of alkyl halides is 3. The van der Waals surface area contributed by atoms with Crippen LogP contribution in [0, 0.1) is 6.92 Å². The average Bonchev–Trinajstić information content (AvgIpc) is 3.49. The summed E-state index contributed by atoms with van der Waals surface area (Å²) in [5, 5.41) is 7.24. The van der Waals surface area contributed by atoms with Crippen molar-refractivity contribution in [2.75, 3.05) is 5.32 Å². The molecule has 3 heterocycles. The van der Waals surface area contributed by atoms with Gasteiger partial charge in [0.25, 0.3) is 0 Å². The second-order valence-electron chi connectivity index (χ2n) is 9.53. The average molecular weight is 492 g/mol. The summed E-state index contributed by atoms with van der Waals surface area (Å²) in [5.41, 5.74) is 7.27. The first kappa shape index (κ1) is 24.0. The van der Waals surface area contributed by atoms with E-state index in [9.17, 15) is 13.2 Å². The Balaban J connectivity index is 1.38. The summed E-state index contributed by atoms with van der Waals surface area (Å²) in [6.07, 6.45) is 0.243. The van der Waals surface area contributed by atoms with Crippen molar-refractivity contribution in [3.8, 4) is 17.1 Å². The van der Waals surface area contributed by atoms with Crippen molar-refractivity contribution in [2.24, 2.45) is 0 Å². The quantitative estimate of drug-likeness (QED) is 0.319. The number of aromatic nitrogens is 4. The first-order valence-electron chi connectivity index (χ1n) is 12.2. The van der Waals surface area contributed by atoms with Crippen molar-refractivity contribution < 1.29 is 13.2 Å². The molecule has 0 unspecified atom stereocenters. The summed E-state index contributed by atoms with van der Waals surface area (Å²) in [7, 11) is 0. The molecule has 4 aromatic rings. The molecule has 186 valence electrons. The van der Waals surface area contributed by atoms with Crippen molar-refractivity contribution in [2.45, 2.75) is 58.7 Å². The Hall–Kier alpha value is -3.68. The first-order valence-corrected chi connectivity index (χ1v) is 12.2. The van der Waals surface area contributed by atoms with Crippen LogP contribution in [0.1, 0.15) is 60.0 Å². The normalized spacial score (nSPS) is 13.3. The fourth-order valence-corrected chi connectivity index (χ4v) is 4.76. The molecule has 36 heavy (non-hydrogen) atoms. The van der Waals surface area contributed by atoms with Gasteiger partial charge in [0.15, 0.2) is 11.5 Å². The molecule has 0 fully saturated rings. The fourth-order valence-electron chi connectivity index (χ4n) is 4.76. The number of hydrogen-bond donors (Lipinski definition) is 1. The van der Waals surface area contributed by atoms with Gasteiger partial charge in [0, 0.05) is 35.4 Å². The third-order valence-corrected chi connectivity index (χ3v) is 6.60. The predicted molar refractivity (Wildman–Crippen MR) is 134 cm³/mol. The lowest BCUT2D eigenvalue weighted by molar-refractivity contribution is -0.141. The summed E-state index contributed by atoms with van der Waals surface area (Å²) in [5.74, 6) is 0.743. The van der Waals surface area contributed by atoms with Gasteiger partial charge in [-0.2, -0.15) is 18.3 Å². The Kier molecular flexibility index (Phi) is 6.28. The van der Waals surface area contributed by atoms with Crippen LogP contribution in [0.4, 0.5) is 18.9 Å². The third kappa shape index (κ3) is 4.72. The highest BCUT2D eigenvalue weighted by Gasteiger charge is 2.34. The molecule has 5 rings (SSSR count). The minimum Gasteiger partial charge on any atom is -0.381 e. The van der Waals surface area contributed by atoms with Crippen LogP contribution in [-0.2, 0) is 25.6 Å². The third-order valence-electron chi connectivity index (χ3n) is 6.60. The van der Waals surface area contributed by atoms with Gasteiger partial charge in [-0.3, -0.25) is 4.98 Å². The van der Waals surface area contributed by atoms with Crippen molar-refractivity contribution in [1.82, 2.24) is 19.7 Å². The van der Waals surface area contributed by atoms with E-state index < -0.39 is 11.9 Å². The van der Waals surface area contributed by atoms with E-state index in [0.29, 0.717) is 24.0 Å². The van der Waals surface area contributed by atoms with Gasteiger partial charge in [-0.05, 0) is 67.0 Å². The maximum Gasteiger partial charge on any atom is 0.435 e. The van der Waals surface area contributed by atoms with Crippen molar-refractivity contribution in [1.29, 1.82) is 0 Å².